The lowest BCUT2D eigenvalue weighted by Crippen LogP contribution is -2.29. The van der Waals surface area contributed by atoms with E-state index in [0.29, 0.717) is 12.1 Å². The Labute approximate surface area is 120 Å². The molecule has 0 unspecified atom stereocenters. The normalized spacial score (nSPS) is 11.9. The van der Waals surface area contributed by atoms with Crippen molar-refractivity contribution >= 4 is 27.5 Å². The highest BCUT2D eigenvalue weighted by molar-refractivity contribution is 9.10. The molecule has 3 nitrogen and oxygen atoms in total. The standard InChI is InChI=1S/C15H14BrNO2/c16-12-6-8-13(9-7-12)17-15(19)14(18)10-11-4-2-1-3-5-11/h1-9,14,18H,10H2,(H,17,19)/t14-/m1/s1. The maximum absolute atomic E-state index is 11.8. The molecular formula is C15H14BrNO2. The van der Waals surface area contributed by atoms with Gasteiger partial charge < -0.3 is 10.4 Å². The SMILES string of the molecule is O=C(Nc1ccc(Br)cc1)[C@H](O)Cc1ccccc1. The number of nitrogens with one attached hydrogen (secondary N) is 1. The number of benzene rings is 2. The number of carbonyl (C=O) groups excluding carboxylic acids is 1. The van der Waals surface area contributed by atoms with E-state index in [1.54, 1.807) is 12.1 Å². The van der Waals surface area contributed by atoms with Gasteiger partial charge in [0.05, 0.1) is 0 Å². The minimum atomic E-state index is -1.05. The highest BCUT2D eigenvalue weighted by Crippen LogP contribution is 2.14. The van der Waals surface area contributed by atoms with Gasteiger partial charge in [-0.15, -0.1) is 0 Å². The second-order valence-corrected chi connectivity index (χ2v) is 5.12. The van der Waals surface area contributed by atoms with Crippen LogP contribution in [0.4, 0.5) is 5.69 Å². The molecule has 98 valence electrons. The molecule has 0 aliphatic rings. The van der Waals surface area contributed by atoms with E-state index in [-0.39, 0.29) is 0 Å². The number of rotatable bonds is 4. The van der Waals surface area contributed by atoms with Crippen LogP contribution in [-0.2, 0) is 11.2 Å². The van der Waals surface area contributed by atoms with E-state index < -0.39 is 12.0 Å². The molecule has 1 atom stereocenters. The summed E-state index contributed by atoms with van der Waals surface area (Å²) >= 11 is 3.32. The summed E-state index contributed by atoms with van der Waals surface area (Å²) in [4.78, 5) is 11.8. The van der Waals surface area contributed by atoms with Gasteiger partial charge in [-0.05, 0) is 29.8 Å². The van der Waals surface area contributed by atoms with E-state index in [2.05, 4.69) is 21.2 Å². The number of carbonyl (C=O) groups is 1. The molecule has 0 saturated carbocycles. The number of amides is 1. The van der Waals surface area contributed by atoms with Gasteiger partial charge in [0.25, 0.3) is 5.91 Å². The largest absolute Gasteiger partial charge is 0.383 e. The van der Waals surface area contributed by atoms with Crippen LogP contribution in [0.15, 0.2) is 59.1 Å². The summed E-state index contributed by atoms with van der Waals surface area (Å²) in [6.07, 6.45) is -0.741. The first-order valence-electron chi connectivity index (χ1n) is 5.93. The van der Waals surface area contributed by atoms with Crippen LogP contribution >= 0.6 is 15.9 Å². The van der Waals surface area contributed by atoms with Crippen molar-refractivity contribution < 1.29 is 9.90 Å². The van der Waals surface area contributed by atoms with Crippen molar-refractivity contribution in [3.05, 3.63) is 64.6 Å². The lowest BCUT2D eigenvalue weighted by molar-refractivity contribution is -0.123. The molecule has 19 heavy (non-hydrogen) atoms. The number of halogens is 1. The van der Waals surface area contributed by atoms with Gasteiger partial charge in [-0.25, -0.2) is 0 Å². The van der Waals surface area contributed by atoms with Crippen LogP contribution in [0.5, 0.6) is 0 Å². The van der Waals surface area contributed by atoms with Crippen LogP contribution in [-0.4, -0.2) is 17.1 Å². The van der Waals surface area contributed by atoms with Gasteiger partial charge in [-0.1, -0.05) is 46.3 Å². The molecule has 0 bridgehead atoms. The maximum atomic E-state index is 11.8. The number of hydrogen-bond acceptors (Lipinski definition) is 2. The molecule has 2 aromatic rings. The molecule has 0 aliphatic heterocycles. The third-order valence-electron chi connectivity index (χ3n) is 2.69. The third-order valence-corrected chi connectivity index (χ3v) is 3.21. The van der Waals surface area contributed by atoms with Gasteiger partial charge in [0.1, 0.15) is 6.10 Å². The van der Waals surface area contributed by atoms with Gasteiger partial charge in [0.2, 0.25) is 0 Å². The fourth-order valence-electron chi connectivity index (χ4n) is 1.69. The molecule has 0 saturated heterocycles. The Hall–Kier alpha value is -1.65. The zero-order valence-corrected chi connectivity index (χ0v) is 11.8. The van der Waals surface area contributed by atoms with Crippen LogP contribution in [0.25, 0.3) is 0 Å². The van der Waals surface area contributed by atoms with Crippen molar-refractivity contribution in [3.8, 4) is 0 Å². The van der Waals surface area contributed by atoms with Crippen molar-refractivity contribution in [2.45, 2.75) is 12.5 Å². The average Bonchev–Trinajstić information content (AvgIpc) is 2.42. The van der Waals surface area contributed by atoms with E-state index in [9.17, 15) is 9.90 Å². The minimum Gasteiger partial charge on any atom is -0.383 e. The Balaban J connectivity index is 1.94. The quantitative estimate of drug-likeness (QED) is 0.910. The van der Waals surface area contributed by atoms with Gasteiger partial charge >= 0.3 is 0 Å². The lowest BCUT2D eigenvalue weighted by atomic mass is 10.1. The van der Waals surface area contributed by atoms with Gasteiger partial charge in [0.15, 0.2) is 0 Å². The molecule has 2 N–H and O–H groups in total. The van der Waals surface area contributed by atoms with Crippen LogP contribution in [0.1, 0.15) is 5.56 Å². The Kier molecular flexibility index (Phi) is 4.71. The lowest BCUT2D eigenvalue weighted by Gasteiger charge is -2.11. The molecule has 0 spiro atoms. The summed E-state index contributed by atoms with van der Waals surface area (Å²) < 4.78 is 0.940. The Morgan fingerprint density at radius 1 is 1.11 bits per heavy atom. The predicted molar refractivity (Wildman–Crippen MR) is 78.9 cm³/mol. The Morgan fingerprint density at radius 3 is 2.37 bits per heavy atom. The van der Waals surface area contributed by atoms with E-state index in [1.807, 2.05) is 42.5 Å². The van der Waals surface area contributed by atoms with Gasteiger partial charge in [0, 0.05) is 16.6 Å². The predicted octanol–water partition coefficient (Wildman–Crippen LogP) is 2.99. The molecule has 2 aromatic carbocycles. The van der Waals surface area contributed by atoms with Gasteiger partial charge in [-0.3, -0.25) is 4.79 Å². The van der Waals surface area contributed by atoms with Crippen molar-refractivity contribution in [1.82, 2.24) is 0 Å². The monoisotopic (exact) mass is 319 g/mol. The number of anilines is 1. The fourth-order valence-corrected chi connectivity index (χ4v) is 1.95. The summed E-state index contributed by atoms with van der Waals surface area (Å²) in [7, 11) is 0. The van der Waals surface area contributed by atoms with Crippen LogP contribution in [0, 0.1) is 0 Å². The van der Waals surface area contributed by atoms with E-state index in [0.717, 1.165) is 10.0 Å². The first-order valence-corrected chi connectivity index (χ1v) is 6.73. The van der Waals surface area contributed by atoms with Crippen molar-refractivity contribution in [1.29, 1.82) is 0 Å². The first kappa shape index (κ1) is 13.8. The van der Waals surface area contributed by atoms with Crippen molar-refractivity contribution in [2.75, 3.05) is 5.32 Å². The zero-order valence-electron chi connectivity index (χ0n) is 10.2. The summed E-state index contributed by atoms with van der Waals surface area (Å²) in [5, 5.41) is 12.5. The second-order valence-electron chi connectivity index (χ2n) is 4.20. The summed E-state index contributed by atoms with van der Waals surface area (Å²) in [5.74, 6) is -0.397. The first-order chi connectivity index (χ1) is 9.15. The molecule has 0 aromatic heterocycles. The zero-order chi connectivity index (χ0) is 13.7. The van der Waals surface area contributed by atoms with Crippen molar-refractivity contribution in [2.24, 2.45) is 0 Å². The highest BCUT2D eigenvalue weighted by atomic mass is 79.9. The number of hydrogen-bond donors (Lipinski definition) is 2. The molecule has 0 fully saturated rings. The molecule has 0 heterocycles. The van der Waals surface area contributed by atoms with E-state index in [4.69, 9.17) is 0 Å². The summed E-state index contributed by atoms with van der Waals surface area (Å²) in [6.45, 7) is 0. The van der Waals surface area contributed by atoms with Crippen LogP contribution in [0.3, 0.4) is 0 Å². The summed E-state index contributed by atoms with van der Waals surface area (Å²) in [6, 6.07) is 16.7. The topological polar surface area (TPSA) is 49.3 Å². The smallest absolute Gasteiger partial charge is 0.253 e. The minimum absolute atomic E-state index is 0.309. The van der Waals surface area contributed by atoms with Crippen LogP contribution in [0.2, 0.25) is 0 Å². The fraction of sp³-hybridized carbons (Fsp3) is 0.133. The molecule has 0 radical (unpaired) electrons. The molecule has 2 rings (SSSR count). The number of aliphatic hydroxyl groups is 1. The van der Waals surface area contributed by atoms with E-state index in [1.165, 1.54) is 0 Å². The van der Waals surface area contributed by atoms with Crippen molar-refractivity contribution in [3.63, 3.8) is 0 Å². The second kappa shape index (κ2) is 6.50. The summed E-state index contributed by atoms with van der Waals surface area (Å²) in [5.41, 5.74) is 1.60. The van der Waals surface area contributed by atoms with E-state index >= 15 is 0 Å². The molecule has 1 amide bonds. The maximum Gasteiger partial charge on any atom is 0.253 e. The highest BCUT2D eigenvalue weighted by Gasteiger charge is 2.15. The number of aliphatic hydroxyl groups excluding tert-OH is 1. The molecular weight excluding hydrogens is 306 g/mol. The Morgan fingerprint density at radius 2 is 1.74 bits per heavy atom. The van der Waals surface area contributed by atoms with Crippen LogP contribution < -0.4 is 5.32 Å². The molecule has 0 aliphatic carbocycles. The Bertz CT molecular complexity index is 540. The third kappa shape index (κ3) is 4.19. The molecule has 4 heteroatoms. The van der Waals surface area contributed by atoms with Gasteiger partial charge in [-0.2, -0.15) is 0 Å². The average molecular weight is 320 g/mol.